The van der Waals surface area contributed by atoms with E-state index in [2.05, 4.69) is 0 Å². The Kier molecular flexibility index (Phi) is 2.76. The number of benzene rings is 2. The van der Waals surface area contributed by atoms with Gasteiger partial charge in [-0.05, 0) is 17.7 Å². The third-order valence-corrected chi connectivity index (χ3v) is 3.65. The monoisotopic (exact) mass is 292 g/mol. The van der Waals surface area contributed by atoms with Gasteiger partial charge in [0.1, 0.15) is 22.6 Å². The van der Waals surface area contributed by atoms with Crippen LogP contribution in [0.3, 0.4) is 0 Å². The van der Waals surface area contributed by atoms with Gasteiger partial charge in [-0.15, -0.1) is 0 Å². The van der Waals surface area contributed by atoms with Gasteiger partial charge in [-0.2, -0.15) is 0 Å². The molecule has 0 saturated carbocycles. The number of methoxy groups -OCH3 is 1. The molecule has 0 fully saturated rings. The van der Waals surface area contributed by atoms with Gasteiger partial charge in [0.05, 0.1) is 18.8 Å². The molecule has 108 valence electrons. The summed E-state index contributed by atoms with van der Waals surface area (Å²) in [6.07, 6.45) is 3.29. The molecule has 1 aliphatic rings. The van der Waals surface area contributed by atoms with Crippen molar-refractivity contribution in [1.29, 1.82) is 0 Å². The van der Waals surface area contributed by atoms with Crippen molar-refractivity contribution < 1.29 is 18.7 Å². The topological polar surface area (TPSA) is 48.7 Å². The molecule has 3 aromatic rings. The molecular weight excluding hydrogens is 280 g/mol. The van der Waals surface area contributed by atoms with Gasteiger partial charge in [0.2, 0.25) is 5.78 Å². The summed E-state index contributed by atoms with van der Waals surface area (Å²) in [5.74, 6) is 1.06. The van der Waals surface area contributed by atoms with E-state index in [1.165, 1.54) is 7.11 Å². The Labute approximate surface area is 126 Å². The molecule has 0 radical (unpaired) electrons. The predicted molar refractivity (Wildman–Crippen MR) is 82.1 cm³/mol. The first kappa shape index (κ1) is 12.7. The van der Waals surface area contributed by atoms with Crippen molar-refractivity contribution in [2.45, 2.75) is 0 Å². The molecule has 0 bridgehead atoms. The average Bonchev–Trinajstić information content (AvgIpc) is 3.12. The highest BCUT2D eigenvalue weighted by Gasteiger charge is 2.33. The van der Waals surface area contributed by atoms with Gasteiger partial charge in [0.15, 0.2) is 5.76 Å². The van der Waals surface area contributed by atoms with Crippen LogP contribution in [0.1, 0.15) is 15.9 Å². The number of hydrogen-bond donors (Lipinski definition) is 0. The van der Waals surface area contributed by atoms with Gasteiger partial charge in [-0.25, -0.2) is 0 Å². The van der Waals surface area contributed by atoms with Crippen molar-refractivity contribution in [3.8, 4) is 11.5 Å². The molecule has 1 aromatic heterocycles. The molecule has 0 unspecified atom stereocenters. The number of furan rings is 1. The molecule has 2 aromatic carbocycles. The molecule has 1 aliphatic heterocycles. The van der Waals surface area contributed by atoms with Crippen molar-refractivity contribution in [1.82, 2.24) is 0 Å². The maximum atomic E-state index is 12.6. The largest absolute Gasteiger partial charge is 0.495 e. The van der Waals surface area contributed by atoms with Crippen molar-refractivity contribution >= 4 is 22.8 Å². The third kappa shape index (κ3) is 1.81. The van der Waals surface area contributed by atoms with Crippen LogP contribution in [-0.4, -0.2) is 12.9 Å². The zero-order valence-corrected chi connectivity index (χ0v) is 11.8. The second-order valence-corrected chi connectivity index (χ2v) is 4.97. The lowest BCUT2D eigenvalue weighted by molar-refractivity contribution is 0.101. The summed E-state index contributed by atoms with van der Waals surface area (Å²) >= 11 is 0. The Hall–Kier alpha value is -3.01. The van der Waals surface area contributed by atoms with Gasteiger partial charge >= 0.3 is 0 Å². The maximum Gasteiger partial charge on any atom is 0.235 e. The van der Waals surface area contributed by atoms with Crippen LogP contribution >= 0.6 is 0 Å². The molecule has 4 nitrogen and oxygen atoms in total. The number of rotatable bonds is 2. The molecular formula is C18H12O4. The van der Waals surface area contributed by atoms with Crippen molar-refractivity contribution in [3.63, 3.8) is 0 Å². The summed E-state index contributed by atoms with van der Waals surface area (Å²) in [4.78, 5) is 12.6. The minimum absolute atomic E-state index is 0.182. The quantitative estimate of drug-likeness (QED) is 0.668. The lowest BCUT2D eigenvalue weighted by Gasteiger charge is -2.04. The molecule has 0 atom stereocenters. The Bertz CT molecular complexity index is 903. The Morgan fingerprint density at radius 3 is 2.73 bits per heavy atom. The van der Waals surface area contributed by atoms with Crippen LogP contribution in [0.15, 0.2) is 58.9 Å². The molecule has 4 rings (SSSR count). The minimum atomic E-state index is -0.182. The number of allylic oxidation sites excluding steroid dienone is 1. The van der Waals surface area contributed by atoms with Crippen LogP contribution in [-0.2, 0) is 0 Å². The highest BCUT2D eigenvalue weighted by atomic mass is 16.5. The van der Waals surface area contributed by atoms with E-state index < -0.39 is 0 Å². The van der Waals surface area contributed by atoms with Crippen molar-refractivity contribution in [2.75, 3.05) is 7.11 Å². The molecule has 4 heteroatoms. The first-order chi connectivity index (χ1) is 10.8. The molecule has 0 saturated heterocycles. The molecule has 0 N–H and O–H groups in total. The van der Waals surface area contributed by atoms with E-state index >= 15 is 0 Å². The van der Waals surface area contributed by atoms with E-state index in [0.29, 0.717) is 22.6 Å². The first-order valence-electron chi connectivity index (χ1n) is 6.85. The Morgan fingerprint density at radius 1 is 1.14 bits per heavy atom. The average molecular weight is 292 g/mol. The molecule has 22 heavy (non-hydrogen) atoms. The van der Waals surface area contributed by atoms with E-state index in [0.717, 1.165) is 10.9 Å². The van der Waals surface area contributed by atoms with Crippen LogP contribution in [0.2, 0.25) is 0 Å². The zero-order valence-electron chi connectivity index (χ0n) is 11.8. The van der Waals surface area contributed by atoms with Crippen molar-refractivity contribution in [2.24, 2.45) is 0 Å². The predicted octanol–water partition coefficient (Wildman–Crippen LogP) is 4.06. The SMILES string of the molecule is COc1c2c(cc3occc13)O/C(=C\c1ccccc1)C2=O. The van der Waals surface area contributed by atoms with E-state index in [1.54, 1.807) is 24.5 Å². The smallest absolute Gasteiger partial charge is 0.235 e. The van der Waals surface area contributed by atoms with Crippen LogP contribution in [0.5, 0.6) is 11.5 Å². The van der Waals surface area contributed by atoms with E-state index in [-0.39, 0.29) is 11.5 Å². The number of ketones is 1. The van der Waals surface area contributed by atoms with Crippen LogP contribution in [0.25, 0.3) is 17.0 Å². The standard InChI is InChI=1S/C18H12O4/c1-20-18-12-7-8-21-13(12)10-14-16(18)17(19)15(22-14)9-11-5-3-2-4-6-11/h2-10H,1H3/b15-9-. The van der Waals surface area contributed by atoms with Gasteiger partial charge in [0, 0.05) is 6.07 Å². The fourth-order valence-corrected chi connectivity index (χ4v) is 2.65. The second kappa shape index (κ2) is 4.77. The Balaban J connectivity index is 1.87. The minimum Gasteiger partial charge on any atom is -0.495 e. The fraction of sp³-hybridized carbons (Fsp3) is 0.0556. The summed E-state index contributed by atoms with van der Waals surface area (Å²) in [5, 5.41) is 0.763. The maximum absolute atomic E-state index is 12.6. The lowest BCUT2D eigenvalue weighted by atomic mass is 10.1. The number of hydrogen-bond acceptors (Lipinski definition) is 4. The van der Waals surface area contributed by atoms with Gasteiger partial charge in [-0.1, -0.05) is 30.3 Å². The summed E-state index contributed by atoms with van der Waals surface area (Å²) in [6.45, 7) is 0. The van der Waals surface area contributed by atoms with Gasteiger partial charge < -0.3 is 13.9 Å². The van der Waals surface area contributed by atoms with Gasteiger partial charge in [0.25, 0.3) is 0 Å². The van der Waals surface area contributed by atoms with Crippen LogP contribution in [0.4, 0.5) is 0 Å². The second-order valence-electron chi connectivity index (χ2n) is 4.97. The number of Topliss-reactive ketones (excluding diaryl/α,β-unsaturated/α-hetero) is 1. The highest BCUT2D eigenvalue weighted by Crippen LogP contribution is 2.43. The fourth-order valence-electron chi connectivity index (χ4n) is 2.65. The zero-order chi connectivity index (χ0) is 15.1. The number of fused-ring (bicyclic) bond motifs is 2. The highest BCUT2D eigenvalue weighted by molar-refractivity contribution is 6.18. The van der Waals surface area contributed by atoms with E-state index in [1.807, 2.05) is 30.3 Å². The molecule has 2 heterocycles. The van der Waals surface area contributed by atoms with Crippen LogP contribution in [0, 0.1) is 0 Å². The number of carbonyl (C=O) groups excluding carboxylic acids is 1. The number of carbonyl (C=O) groups is 1. The third-order valence-electron chi connectivity index (χ3n) is 3.65. The summed E-state index contributed by atoms with van der Waals surface area (Å²) in [7, 11) is 1.54. The van der Waals surface area contributed by atoms with E-state index in [9.17, 15) is 4.79 Å². The normalized spacial score (nSPS) is 15.1. The van der Waals surface area contributed by atoms with Crippen LogP contribution < -0.4 is 9.47 Å². The summed E-state index contributed by atoms with van der Waals surface area (Å²) < 4.78 is 16.5. The summed E-state index contributed by atoms with van der Waals surface area (Å²) in [5.41, 5.74) is 1.98. The van der Waals surface area contributed by atoms with Crippen molar-refractivity contribution in [3.05, 3.63) is 65.6 Å². The molecule has 0 aliphatic carbocycles. The summed E-state index contributed by atoms with van der Waals surface area (Å²) in [6, 6.07) is 13.1. The number of ether oxygens (including phenoxy) is 2. The molecule has 0 amide bonds. The first-order valence-corrected chi connectivity index (χ1v) is 6.85. The van der Waals surface area contributed by atoms with Gasteiger partial charge in [-0.3, -0.25) is 4.79 Å². The Morgan fingerprint density at radius 2 is 1.95 bits per heavy atom. The lowest BCUT2D eigenvalue weighted by Crippen LogP contribution is -2.00. The van der Waals surface area contributed by atoms with E-state index in [4.69, 9.17) is 13.9 Å². The molecule has 0 spiro atoms.